The topological polar surface area (TPSA) is 55.1 Å². The molecule has 0 aliphatic carbocycles. The summed E-state index contributed by atoms with van der Waals surface area (Å²) >= 11 is 1.67. The Morgan fingerprint density at radius 1 is 1.13 bits per heavy atom. The lowest BCUT2D eigenvalue weighted by Crippen LogP contribution is -2.17. The number of aryl methyl sites for hydroxylation is 2. The molecule has 2 aromatic heterocycles. The van der Waals surface area contributed by atoms with Crippen molar-refractivity contribution in [3.63, 3.8) is 0 Å². The maximum atomic E-state index is 5.37. The van der Waals surface area contributed by atoms with Crippen molar-refractivity contribution in [2.45, 2.75) is 33.4 Å². The van der Waals surface area contributed by atoms with E-state index < -0.39 is 0 Å². The van der Waals surface area contributed by atoms with Gasteiger partial charge in [0.2, 0.25) is 11.7 Å². The molecule has 0 amide bonds. The Balaban J connectivity index is 1.64. The highest BCUT2D eigenvalue weighted by Gasteiger charge is 2.12. The summed E-state index contributed by atoms with van der Waals surface area (Å²) < 4.78 is 5.37. The molecule has 0 unspecified atom stereocenters. The van der Waals surface area contributed by atoms with Gasteiger partial charge in [-0.1, -0.05) is 36.3 Å². The fourth-order valence-electron chi connectivity index (χ4n) is 2.37. The molecule has 120 valence electrons. The first-order valence-corrected chi connectivity index (χ1v) is 8.53. The van der Waals surface area contributed by atoms with Gasteiger partial charge >= 0.3 is 0 Å². The Hall–Kier alpha value is -2.05. The van der Waals surface area contributed by atoms with Gasteiger partial charge < -0.3 is 4.52 Å². The van der Waals surface area contributed by atoms with Crippen molar-refractivity contribution in [2.24, 2.45) is 0 Å². The first-order valence-electron chi connectivity index (χ1n) is 7.65. The number of thiazole rings is 1. The lowest BCUT2D eigenvalue weighted by atomic mass is 10.1. The van der Waals surface area contributed by atoms with Gasteiger partial charge in [0.1, 0.15) is 0 Å². The van der Waals surface area contributed by atoms with E-state index in [1.165, 1.54) is 5.56 Å². The molecule has 3 rings (SSSR count). The number of hydrogen-bond acceptors (Lipinski definition) is 6. The first-order chi connectivity index (χ1) is 11.1. The Labute approximate surface area is 140 Å². The SMILES string of the molecule is CCc1ccc(-c2noc(CN(C)Cc3csc(C)n3)n2)cc1. The van der Waals surface area contributed by atoms with Crippen LogP contribution in [-0.2, 0) is 19.5 Å². The van der Waals surface area contributed by atoms with Crippen LogP contribution in [0.25, 0.3) is 11.4 Å². The van der Waals surface area contributed by atoms with Gasteiger partial charge in [-0.3, -0.25) is 4.90 Å². The lowest BCUT2D eigenvalue weighted by Gasteiger charge is -2.11. The molecule has 6 heteroatoms. The van der Waals surface area contributed by atoms with Crippen molar-refractivity contribution in [1.82, 2.24) is 20.0 Å². The van der Waals surface area contributed by atoms with Gasteiger partial charge in [0.05, 0.1) is 17.2 Å². The molecule has 5 nitrogen and oxygen atoms in total. The normalized spacial score (nSPS) is 11.3. The third-order valence-electron chi connectivity index (χ3n) is 3.59. The summed E-state index contributed by atoms with van der Waals surface area (Å²) in [6.07, 6.45) is 1.03. The Bertz CT molecular complexity index is 763. The Morgan fingerprint density at radius 2 is 1.91 bits per heavy atom. The minimum Gasteiger partial charge on any atom is -0.338 e. The van der Waals surface area contributed by atoms with Crippen LogP contribution in [-0.4, -0.2) is 27.1 Å². The highest BCUT2D eigenvalue weighted by atomic mass is 32.1. The van der Waals surface area contributed by atoms with E-state index >= 15 is 0 Å². The molecule has 0 N–H and O–H groups in total. The van der Waals surface area contributed by atoms with Gasteiger partial charge in [-0.05, 0) is 26.0 Å². The predicted molar refractivity (Wildman–Crippen MR) is 91.1 cm³/mol. The molecule has 0 spiro atoms. The van der Waals surface area contributed by atoms with Crippen LogP contribution in [0.4, 0.5) is 0 Å². The fourth-order valence-corrected chi connectivity index (χ4v) is 2.97. The van der Waals surface area contributed by atoms with Crippen LogP contribution in [0, 0.1) is 6.92 Å². The number of hydrogen-bond donors (Lipinski definition) is 0. The van der Waals surface area contributed by atoms with Gasteiger partial charge in [-0.25, -0.2) is 4.98 Å². The molecule has 0 aliphatic heterocycles. The van der Waals surface area contributed by atoms with Crippen LogP contribution in [0.15, 0.2) is 34.2 Å². The largest absolute Gasteiger partial charge is 0.338 e. The zero-order valence-corrected chi connectivity index (χ0v) is 14.4. The van der Waals surface area contributed by atoms with Gasteiger partial charge in [0.25, 0.3) is 0 Å². The predicted octanol–water partition coefficient (Wildman–Crippen LogP) is 3.70. The number of rotatable bonds is 6. The van der Waals surface area contributed by atoms with Crippen molar-refractivity contribution in [3.8, 4) is 11.4 Å². The molecular weight excluding hydrogens is 308 g/mol. The highest BCUT2D eigenvalue weighted by molar-refractivity contribution is 7.09. The maximum absolute atomic E-state index is 5.37. The van der Waals surface area contributed by atoms with Crippen LogP contribution in [0.3, 0.4) is 0 Å². The standard InChI is InChI=1S/C17H20N4OS/c1-4-13-5-7-14(8-6-13)17-19-16(22-20-17)10-21(3)9-15-11-23-12(2)18-15/h5-8,11H,4,9-10H2,1-3H3. The summed E-state index contributed by atoms with van der Waals surface area (Å²) in [5.41, 5.74) is 3.36. The van der Waals surface area contributed by atoms with Crippen molar-refractivity contribution >= 4 is 11.3 Å². The second kappa shape index (κ2) is 7.02. The van der Waals surface area contributed by atoms with Crippen LogP contribution in [0.5, 0.6) is 0 Å². The average molecular weight is 328 g/mol. The molecule has 23 heavy (non-hydrogen) atoms. The molecular formula is C17H20N4OS. The van der Waals surface area contributed by atoms with E-state index in [-0.39, 0.29) is 0 Å². The monoisotopic (exact) mass is 328 g/mol. The summed E-state index contributed by atoms with van der Waals surface area (Å²) in [5, 5.41) is 7.25. The average Bonchev–Trinajstić information content (AvgIpc) is 3.16. The second-order valence-corrected chi connectivity index (χ2v) is 6.65. The second-order valence-electron chi connectivity index (χ2n) is 5.59. The van der Waals surface area contributed by atoms with Crippen molar-refractivity contribution in [3.05, 3.63) is 51.8 Å². The minimum atomic E-state index is 0.608. The third-order valence-corrected chi connectivity index (χ3v) is 4.41. The quantitative estimate of drug-likeness (QED) is 0.690. The molecule has 0 saturated carbocycles. The first kappa shape index (κ1) is 15.8. The zero-order chi connectivity index (χ0) is 16.2. The molecule has 0 fully saturated rings. The minimum absolute atomic E-state index is 0.608. The molecule has 3 aromatic rings. The van der Waals surface area contributed by atoms with Crippen LogP contribution in [0.1, 0.15) is 29.1 Å². The van der Waals surface area contributed by atoms with E-state index in [1.54, 1.807) is 11.3 Å². The van der Waals surface area contributed by atoms with E-state index in [4.69, 9.17) is 4.52 Å². The van der Waals surface area contributed by atoms with Crippen molar-refractivity contribution < 1.29 is 4.52 Å². The molecule has 0 radical (unpaired) electrons. The molecule has 1 aromatic carbocycles. The summed E-state index contributed by atoms with van der Waals surface area (Å²) in [6, 6.07) is 8.27. The molecule has 0 aliphatic rings. The van der Waals surface area contributed by atoms with Gasteiger partial charge in [0.15, 0.2) is 0 Å². The molecule has 0 atom stereocenters. The van der Waals surface area contributed by atoms with Crippen LogP contribution >= 0.6 is 11.3 Å². The van der Waals surface area contributed by atoms with E-state index in [2.05, 4.69) is 44.5 Å². The van der Waals surface area contributed by atoms with E-state index in [9.17, 15) is 0 Å². The van der Waals surface area contributed by atoms with E-state index in [0.717, 1.165) is 29.2 Å². The molecule has 2 heterocycles. The summed E-state index contributed by atoms with van der Waals surface area (Å²) in [6.45, 7) is 5.53. The maximum Gasteiger partial charge on any atom is 0.241 e. The van der Waals surface area contributed by atoms with Gasteiger partial charge in [0, 0.05) is 17.5 Å². The van der Waals surface area contributed by atoms with E-state index in [0.29, 0.717) is 18.3 Å². The van der Waals surface area contributed by atoms with Crippen molar-refractivity contribution in [2.75, 3.05) is 7.05 Å². The van der Waals surface area contributed by atoms with E-state index in [1.807, 2.05) is 26.1 Å². The lowest BCUT2D eigenvalue weighted by molar-refractivity contribution is 0.259. The number of nitrogens with zero attached hydrogens (tertiary/aromatic N) is 4. The van der Waals surface area contributed by atoms with Gasteiger partial charge in [-0.15, -0.1) is 11.3 Å². The van der Waals surface area contributed by atoms with Crippen LogP contribution in [0.2, 0.25) is 0 Å². The summed E-state index contributed by atoms with van der Waals surface area (Å²) in [5.74, 6) is 1.26. The van der Waals surface area contributed by atoms with Gasteiger partial charge in [-0.2, -0.15) is 4.98 Å². The Morgan fingerprint density at radius 3 is 2.57 bits per heavy atom. The summed E-state index contributed by atoms with van der Waals surface area (Å²) in [4.78, 5) is 11.1. The Kier molecular flexibility index (Phi) is 4.83. The fraction of sp³-hybridized carbons (Fsp3) is 0.353. The third kappa shape index (κ3) is 4.03. The van der Waals surface area contributed by atoms with Crippen LogP contribution < -0.4 is 0 Å². The molecule has 0 bridgehead atoms. The number of benzene rings is 1. The zero-order valence-electron chi connectivity index (χ0n) is 13.6. The smallest absolute Gasteiger partial charge is 0.241 e. The van der Waals surface area contributed by atoms with Crippen molar-refractivity contribution in [1.29, 1.82) is 0 Å². The molecule has 0 saturated heterocycles. The highest BCUT2D eigenvalue weighted by Crippen LogP contribution is 2.18. The summed E-state index contributed by atoms with van der Waals surface area (Å²) in [7, 11) is 2.02. The number of aromatic nitrogens is 3.